The molecule has 4 nitrogen and oxygen atoms in total. The summed E-state index contributed by atoms with van der Waals surface area (Å²) in [7, 11) is 0. The molecule has 1 amide bonds. The number of aryl methyl sites for hydroxylation is 1. The SMILES string of the molecule is Cc1cccc(/C=C/C(=O)N(CCC(=O)O)C(C)C)c1. The molecule has 4 heteroatoms. The van der Waals surface area contributed by atoms with Crippen molar-refractivity contribution in [1.82, 2.24) is 4.90 Å². The number of rotatable bonds is 6. The monoisotopic (exact) mass is 275 g/mol. The Labute approximate surface area is 119 Å². The van der Waals surface area contributed by atoms with Crippen molar-refractivity contribution in [3.63, 3.8) is 0 Å². The second-order valence-electron chi connectivity index (χ2n) is 5.02. The number of amides is 1. The molecule has 0 fully saturated rings. The van der Waals surface area contributed by atoms with Crippen molar-refractivity contribution >= 4 is 18.0 Å². The van der Waals surface area contributed by atoms with E-state index in [1.165, 1.54) is 6.08 Å². The molecule has 20 heavy (non-hydrogen) atoms. The lowest BCUT2D eigenvalue weighted by atomic mass is 10.1. The molecule has 0 spiro atoms. The van der Waals surface area contributed by atoms with Gasteiger partial charge in [-0.2, -0.15) is 0 Å². The number of hydrogen-bond acceptors (Lipinski definition) is 2. The molecule has 1 rings (SSSR count). The second-order valence-corrected chi connectivity index (χ2v) is 5.02. The highest BCUT2D eigenvalue weighted by Gasteiger charge is 2.15. The van der Waals surface area contributed by atoms with Crippen LogP contribution in [0.15, 0.2) is 30.3 Å². The van der Waals surface area contributed by atoms with Crippen LogP contribution >= 0.6 is 0 Å². The van der Waals surface area contributed by atoms with E-state index in [1.807, 2.05) is 45.0 Å². The Morgan fingerprint density at radius 1 is 1.35 bits per heavy atom. The zero-order chi connectivity index (χ0) is 15.1. The Bertz CT molecular complexity index is 506. The molecule has 108 valence electrons. The van der Waals surface area contributed by atoms with Gasteiger partial charge in [0.1, 0.15) is 0 Å². The van der Waals surface area contributed by atoms with Crippen molar-refractivity contribution in [3.05, 3.63) is 41.5 Å². The quantitative estimate of drug-likeness (QED) is 0.812. The summed E-state index contributed by atoms with van der Waals surface area (Å²) in [5.41, 5.74) is 2.09. The van der Waals surface area contributed by atoms with Gasteiger partial charge in [-0.1, -0.05) is 29.8 Å². The average Bonchev–Trinajstić information content (AvgIpc) is 2.36. The third-order valence-electron chi connectivity index (χ3n) is 2.93. The maximum atomic E-state index is 12.1. The Balaban J connectivity index is 2.72. The van der Waals surface area contributed by atoms with E-state index in [-0.39, 0.29) is 24.9 Å². The molecule has 0 unspecified atom stereocenters. The molecule has 0 heterocycles. The summed E-state index contributed by atoms with van der Waals surface area (Å²) in [6.45, 7) is 5.97. The summed E-state index contributed by atoms with van der Waals surface area (Å²) in [4.78, 5) is 24.3. The smallest absolute Gasteiger partial charge is 0.305 e. The van der Waals surface area contributed by atoms with Crippen LogP contribution in [0.3, 0.4) is 0 Å². The van der Waals surface area contributed by atoms with Crippen molar-refractivity contribution < 1.29 is 14.7 Å². The number of benzene rings is 1. The minimum Gasteiger partial charge on any atom is -0.481 e. The van der Waals surface area contributed by atoms with Crippen molar-refractivity contribution in [2.75, 3.05) is 6.54 Å². The van der Waals surface area contributed by atoms with Crippen molar-refractivity contribution in [1.29, 1.82) is 0 Å². The summed E-state index contributed by atoms with van der Waals surface area (Å²) >= 11 is 0. The van der Waals surface area contributed by atoms with Gasteiger partial charge >= 0.3 is 5.97 Å². The summed E-state index contributed by atoms with van der Waals surface area (Å²) in [6.07, 6.45) is 3.21. The van der Waals surface area contributed by atoms with Gasteiger partial charge in [-0.25, -0.2) is 0 Å². The Kier molecular flexibility index (Phi) is 5.97. The maximum absolute atomic E-state index is 12.1. The van der Waals surface area contributed by atoms with E-state index in [0.29, 0.717) is 0 Å². The number of nitrogens with zero attached hydrogens (tertiary/aromatic N) is 1. The van der Waals surface area contributed by atoms with Gasteiger partial charge in [-0.3, -0.25) is 9.59 Å². The third-order valence-corrected chi connectivity index (χ3v) is 2.93. The number of carboxylic acid groups (broad SMARTS) is 1. The molecule has 0 aromatic heterocycles. The van der Waals surface area contributed by atoms with Crippen LogP contribution in [-0.4, -0.2) is 34.5 Å². The van der Waals surface area contributed by atoms with E-state index in [0.717, 1.165) is 11.1 Å². The molecule has 0 saturated heterocycles. The molecule has 1 aromatic carbocycles. The van der Waals surface area contributed by atoms with Gasteiger partial charge in [0.25, 0.3) is 0 Å². The predicted molar refractivity (Wildman–Crippen MR) is 79.3 cm³/mol. The van der Waals surface area contributed by atoms with E-state index in [9.17, 15) is 9.59 Å². The van der Waals surface area contributed by atoms with Crippen LogP contribution in [-0.2, 0) is 9.59 Å². The van der Waals surface area contributed by atoms with E-state index in [4.69, 9.17) is 5.11 Å². The van der Waals surface area contributed by atoms with Crippen LogP contribution < -0.4 is 0 Å². The molecule has 0 radical (unpaired) electrons. The van der Waals surface area contributed by atoms with Crippen LogP contribution in [0.4, 0.5) is 0 Å². The number of carbonyl (C=O) groups excluding carboxylic acids is 1. The minimum atomic E-state index is -0.897. The second kappa shape index (κ2) is 7.48. The molecule has 0 bridgehead atoms. The zero-order valence-electron chi connectivity index (χ0n) is 12.2. The van der Waals surface area contributed by atoms with Crippen LogP contribution in [0, 0.1) is 6.92 Å². The maximum Gasteiger partial charge on any atom is 0.305 e. The highest BCUT2D eigenvalue weighted by Crippen LogP contribution is 2.08. The fourth-order valence-corrected chi connectivity index (χ4v) is 1.88. The summed E-state index contributed by atoms with van der Waals surface area (Å²) in [6, 6.07) is 7.81. The number of carboxylic acids is 1. The fraction of sp³-hybridized carbons (Fsp3) is 0.375. The van der Waals surface area contributed by atoms with E-state index in [1.54, 1.807) is 11.0 Å². The van der Waals surface area contributed by atoms with E-state index in [2.05, 4.69) is 0 Å². The molecule has 0 aliphatic carbocycles. The normalized spacial score (nSPS) is 11.0. The lowest BCUT2D eigenvalue weighted by Crippen LogP contribution is -2.37. The first-order valence-electron chi connectivity index (χ1n) is 6.67. The molecule has 0 aliphatic heterocycles. The minimum absolute atomic E-state index is 0.0241. The number of aliphatic carboxylic acids is 1. The van der Waals surface area contributed by atoms with Gasteiger partial charge in [0.15, 0.2) is 0 Å². The summed E-state index contributed by atoms with van der Waals surface area (Å²) < 4.78 is 0. The van der Waals surface area contributed by atoms with E-state index < -0.39 is 5.97 Å². The lowest BCUT2D eigenvalue weighted by molar-refractivity contribution is -0.138. The lowest BCUT2D eigenvalue weighted by Gasteiger charge is -2.24. The molecule has 0 aliphatic rings. The van der Waals surface area contributed by atoms with Gasteiger partial charge in [0.2, 0.25) is 5.91 Å². The van der Waals surface area contributed by atoms with Crippen molar-refractivity contribution in [2.24, 2.45) is 0 Å². The fourth-order valence-electron chi connectivity index (χ4n) is 1.88. The first kappa shape index (κ1) is 16.0. The van der Waals surface area contributed by atoms with Gasteiger partial charge < -0.3 is 10.0 Å². The van der Waals surface area contributed by atoms with Gasteiger partial charge in [-0.05, 0) is 32.4 Å². The van der Waals surface area contributed by atoms with Crippen molar-refractivity contribution in [2.45, 2.75) is 33.2 Å². The largest absolute Gasteiger partial charge is 0.481 e. The van der Waals surface area contributed by atoms with Gasteiger partial charge in [0, 0.05) is 18.7 Å². The predicted octanol–water partition coefficient (Wildman–Crippen LogP) is 2.72. The van der Waals surface area contributed by atoms with Crippen LogP contribution in [0.5, 0.6) is 0 Å². The van der Waals surface area contributed by atoms with Crippen LogP contribution in [0.25, 0.3) is 6.08 Å². The first-order chi connectivity index (χ1) is 9.40. The molecule has 0 saturated carbocycles. The molecule has 0 atom stereocenters. The molecule has 1 aromatic rings. The topological polar surface area (TPSA) is 57.6 Å². The standard InChI is InChI=1S/C16H21NO3/c1-12(2)17(10-9-16(19)20)15(18)8-7-14-6-4-5-13(3)11-14/h4-8,11-12H,9-10H2,1-3H3,(H,19,20)/b8-7+. The van der Waals surface area contributed by atoms with Gasteiger partial charge in [0.05, 0.1) is 6.42 Å². The average molecular weight is 275 g/mol. The van der Waals surface area contributed by atoms with Crippen LogP contribution in [0.1, 0.15) is 31.4 Å². The third kappa shape index (κ3) is 5.26. The molecular weight excluding hydrogens is 254 g/mol. The van der Waals surface area contributed by atoms with Gasteiger partial charge in [-0.15, -0.1) is 0 Å². The number of hydrogen-bond donors (Lipinski definition) is 1. The number of carbonyl (C=O) groups is 2. The zero-order valence-corrected chi connectivity index (χ0v) is 12.2. The molecular formula is C16H21NO3. The first-order valence-corrected chi connectivity index (χ1v) is 6.67. The summed E-state index contributed by atoms with van der Waals surface area (Å²) in [5.74, 6) is -1.06. The Morgan fingerprint density at radius 3 is 2.60 bits per heavy atom. The Morgan fingerprint density at radius 2 is 2.05 bits per heavy atom. The van der Waals surface area contributed by atoms with Crippen LogP contribution in [0.2, 0.25) is 0 Å². The van der Waals surface area contributed by atoms with E-state index >= 15 is 0 Å². The Hall–Kier alpha value is -2.10. The summed E-state index contributed by atoms with van der Waals surface area (Å²) in [5, 5.41) is 8.71. The van der Waals surface area contributed by atoms with Crippen molar-refractivity contribution in [3.8, 4) is 0 Å². The highest BCUT2D eigenvalue weighted by atomic mass is 16.4. The highest BCUT2D eigenvalue weighted by molar-refractivity contribution is 5.92. The molecule has 1 N–H and O–H groups in total.